The summed E-state index contributed by atoms with van der Waals surface area (Å²) >= 11 is 0. The van der Waals surface area contributed by atoms with Gasteiger partial charge in [-0.15, -0.1) is 0 Å². The van der Waals surface area contributed by atoms with Crippen LogP contribution in [0, 0.1) is 0 Å². The van der Waals surface area contributed by atoms with Gasteiger partial charge >= 0.3 is 0 Å². The van der Waals surface area contributed by atoms with E-state index in [1.54, 1.807) is 4.90 Å². The number of hydrogen-bond donors (Lipinski definition) is 2. The van der Waals surface area contributed by atoms with Crippen LogP contribution in [0.2, 0.25) is 0 Å². The van der Waals surface area contributed by atoms with Gasteiger partial charge in [0.25, 0.3) is 5.91 Å². The van der Waals surface area contributed by atoms with Crippen molar-refractivity contribution >= 4 is 16.7 Å². The van der Waals surface area contributed by atoms with Gasteiger partial charge in [0.1, 0.15) is 11.8 Å². The Morgan fingerprint density at radius 1 is 1.26 bits per heavy atom. The second kappa shape index (κ2) is 7.47. The van der Waals surface area contributed by atoms with Crippen LogP contribution in [0.4, 0.5) is 0 Å². The molecule has 4 nitrogen and oxygen atoms in total. The molecular formula is C19H25N2O2+. The van der Waals surface area contributed by atoms with Crippen molar-refractivity contribution in [3.8, 4) is 5.75 Å². The van der Waals surface area contributed by atoms with E-state index in [4.69, 9.17) is 4.74 Å². The zero-order chi connectivity index (χ0) is 16.1. The summed E-state index contributed by atoms with van der Waals surface area (Å²) in [6, 6.07) is 14.6. The fourth-order valence-corrected chi connectivity index (χ4v) is 3.39. The van der Waals surface area contributed by atoms with Gasteiger partial charge in [0.15, 0.2) is 6.61 Å². The molecule has 1 amide bonds. The summed E-state index contributed by atoms with van der Waals surface area (Å²) in [6.45, 7) is 5.40. The van der Waals surface area contributed by atoms with Crippen LogP contribution in [0.25, 0.3) is 10.8 Å². The number of carbonyl (C=O) groups is 1. The summed E-state index contributed by atoms with van der Waals surface area (Å²) in [4.78, 5) is 13.6. The van der Waals surface area contributed by atoms with E-state index >= 15 is 0 Å². The molecule has 0 aromatic heterocycles. The lowest BCUT2D eigenvalue weighted by atomic mass is 10.1. The average Bonchev–Trinajstić information content (AvgIpc) is 3.05. The highest BCUT2D eigenvalue weighted by Crippen LogP contribution is 2.20. The van der Waals surface area contributed by atoms with Crippen molar-refractivity contribution in [3.05, 3.63) is 42.5 Å². The standard InChI is InChI=1S/C19H24N2O2/c1-2-21-11-5-8-17(21)13-20-19(22)14-23-18-10-9-15-6-3-4-7-16(15)12-18/h3-4,6-7,9-10,12,17H,2,5,8,11,13-14H2,1H3,(H,20,22)/p+1/t17-/m1/s1. The third-order valence-electron chi connectivity index (χ3n) is 4.72. The molecule has 0 saturated carbocycles. The Morgan fingerprint density at radius 3 is 2.91 bits per heavy atom. The van der Waals surface area contributed by atoms with E-state index < -0.39 is 0 Å². The van der Waals surface area contributed by atoms with E-state index in [9.17, 15) is 4.79 Å². The van der Waals surface area contributed by atoms with E-state index in [0.29, 0.717) is 6.04 Å². The summed E-state index contributed by atoms with van der Waals surface area (Å²) in [5.74, 6) is 0.695. The molecule has 122 valence electrons. The number of benzene rings is 2. The molecule has 0 radical (unpaired) electrons. The third kappa shape index (κ3) is 4.02. The van der Waals surface area contributed by atoms with Gasteiger partial charge in [-0.05, 0) is 29.8 Å². The van der Waals surface area contributed by atoms with E-state index in [2.05, 4.69) is 18.3 Å². The Morgan fingerprint density at radius 2 is 2.09 bits per heavy atom. The quantitative estimate of drug-likeness (QED) is 0.847. The molecule has 2 atom stereocenters. The molecular weight excluding hydrogens is 288 g/mol. The normalized spacial score (nSPS) is 20.6. The van der Waals surface area contributed by atoms with Crippen molar-refractivity contribution in [2.45, 2.75) is 25.8 Å². The highest BCUT2D eigenvalue weighted by molar-refractivity contribution is 5.84. The highest BCUT2D eigenvalue weighted by Gasteiger charge is 2.27. The maximum Gasteiger partial charge on any atom is 0.258 e. The fraction of sp³-hybridized carbons (Fsp3) is 0.421. The summed E-state index contributed by atoms with van der Waals surface area (Å²) in [7, 11) is 0. The Hall–Kier alpha value is -2.07. The zero-order valence-electron chi connectivity index (χ0n) is 13.7. The lowest BCUT2D eigenvalue weighted by Crippen LogP contribution is -3.14. The first kappa shape index (κ1) is 15.8. The maximum atomic E-state index is 12.0. The molecule has 1 saturated heterocycles. The van der Waals surface area contributed by atoms with Gasteiger partial charge in [-0.1, -0.05) is 30.3 Å². The molecule has 0 spiro atoms. The van der Waals surface area contributed by atoms with Crippen LogP contribution in [0.1, 0.15) is 19.8 Å². The molecule has 0 bridgehead atoms. The van der Waals surface area contributed by atoms with Crippen LogP contribution in [0.15, 0.2) is 42.5 Å². The fourth-order valence-electron chi connectivity index (χ4n) is 3.39. The summed E-state index contributed by atoms with van der Waals surface area (Å²) in [5.41, 5.74) is 0. The second-order valence-electron chi connectivity index (χ2n) is 6.20. The highest BCUT2D eigenvalue weighted by atomic mass is 16.5. The van der Waals surface area contributed by atoms with Crippen LogP contribution in [0.3, 0.4) is 0 Å². The van der Waals surface area contributed by atoms with Crippen LogP contribution in [-0.4, -0.2) is 38.2 Å². The van der Waals surface area contributed by atoms with Crippen LogP contribution >= 0.6 is 0 Å². The molecule has 2 N–H and O–H groups in total. The minimum atomic E-state index is -0.0412. The van der Waals surface area contributed by atoms with Gasteiger partial charge in [-0.3, -0.25) is 4.79 Å². The van der Waals surface area contributed by atoms with Crippen molar-refractivity contribution < 1.29 is 14.4 Å². The largest absolute Gasteiger partial charge is 0.484 e. The van der Waals surface area contributed by atoms with Gasteiger partial charge in [-0.2, -0.15) is 0 Å². The number of rotatable bonds is 6. The number of carbonyl (C=O) groups excluding carboxylic acids is 1. The Labute approximate surface area is 137 Å². The summed E-state index contributed by atoms with van der Waals surface area (Å²) in [6.07, 6.45) is 2.46. The van der Waals surface area contributed by atoms with Crippen LogP contribution in [-0.2, 0) is 4.79 Å². The molecule has 1 fully saturated rings. The number of fused-ring (bicyclic) bond motifs is 1. The van der Waals surface area contributed by atoms with Gasteiger partial charge in [0.05, 0.1) is 19.6 Å². The first-order chi connectivity index (χ1) is 11.3. The van der Waals surface area contributed by atoms with Crippen molar-refractivity contribution in [1.82, 2.24) is 5.32 Å². The second-order valence-corrected chi connectivity index (χ2v) is 6.20. The summed E-state index contributed by atoms with van der Waals surface area (Å²) < 4.78 is 5.63. The number of likely N-dealkylation sites (tertiary alicyclic amines) is 1. The molecule has 4 heteroatoms. The minimum Gasteiger partial charge on any atom is -0.484 e. The average molecular weight is 313 g/mol. The molecule has 2 aromatic rings. The van der Waals surface area contributed by atoms with Crippen LogP contribution < -0.4 is 15.0 Å². The van der Waals surface area contributed by atoms with Crippen molar-refractivity contribution in [3.63, 3.8) is 0 Å². The Bertz CT molecular complexity index is 671. The smallest absolute Gasteiger partial charge is 0.258 e. The van der Waals surface area contributed by atoms with E-state index in [1.165, 1.54) is 24.8 Å². The molecule has 1 unspecified atom stereocenters. The van der Waals surface area contributed by atoms with Crippen molar-refractivity contribution in [1.29, 1.82) is 0 Å². The SMILES string of the molecule is CC[NH+]1CCC[C@@H]1CNC(=O)COc1ccc2ccccc2c1. The van der Waals surface area contributed by atoms with Crippen LogP contribution in [0.5, 0.6) is 5.75 Å². The topological polar surface area (TPSA) is 42.8 Å². The van der Waals surface area contributed by atoms with Gasteiger partial charge in [-0.25, -0.2) is 0 Å². The monoisotopic (exact) mass is 313 g/mol. The lowest BCUT2D eigenvalue weighted by molar-refractivity contribution is -0.909. The number of quaternary nitrogens is 1. The number of nitrogens with one attached hydrogen (secondary N) is 2. The maximum absolute atomic E-state index is 12.0. The molecule has 1 aliphatic heterocycles. The van der Waals surface area contributed by atoms with Gasteiger partial charge < -0.3 is 15.0 Å². The Balaban J connectivity index is 1.48. The van der Waals surface area contributed by atoms with Crippen molar-refractivity contribution in [2.75, 3.05) is 26.2 Å². The van der Waals surface area contributed by atoms with Gasteiger partial charge in [0.2, 0.25) is 0 Å². The minimum absolute atomic E-state index is 0.0412. The van der Waals surface area contributed by atoms with Crippen molar-refractivity contribution in [2.24, 2.45) is 0 Å². The predicted octanol–water partition coefficient (Wildman–Crippen LogP) is 1.40. The first-order valence-electron chi connectivity index (χ1n) is 8.49. The summed E-state index contributed by atoms with van der Waals surface area (Å²) in [5, 5.41) is 5.31. The van der Waals surface area contributed by atoms with E-state index in [1.807, 2.05) is 36.4 Å². The van der Waals surface area contributed by atoms with E-state index in [-0.39, 0.29) is 12.5 Å². The predicted molar refractivity (Wildman–Crippen MR) is 91.8 cm³/mol. The number of likely N-dealkylation sites (N-methyl/N-ethyl adjacent to an activating group) is 1. The molecule has 3 rings (SSSR count). The Kier molecular flexibility index (Phi) is 5.13. The first-order valence-corrected chi connectivity index (χ1v) is 8.49. The van der Waals surface area contributed by atoms with Gasteiger partial charge in [0, 0.05) is 12.8 Å². The molecule has 2 aromatic carbocycles. The van der Waals surface area contributed by atoms with E-state index in [0.717, 1.165) is 24.2 Å². The lowest BCUT2D eigenvalue weighted by Gasteiger charge is -2.20. The number of hydrogen-bond acceptors (Lipinski definition) is 2. The number of amides is 1. The molecule has 23 heavy (non-hydrogen) atoms. The zero-order valence-corrected chi connectivity index (χ0v) is 13.7. The third-order valence-corrected chi connectivity index (χ3v) is 4.72. The number of ether oxygens (including phenoxy) is 1. The molecule has 0 aliphatic carbocycles. The molecule has 1 aliphatic rings. The molecule has 1 heterocycles.